The lowest BCUT2D eigenvalue weighted by Gasteiger charge is -2.12. The second-order valence-electron chi connectivity index (χ2n) is 7.23. The summed E-state index contributed by atoms with van der Waals surface area (Å²) in [5.74, 6) is 0. The molecule has 0 aromatic heterocycles. The zero-order valence-corrected chi connectivity index (χ0v) is 15.1. The SMILES string of the molecule is Cc1cc(C)cc(-c2ccc3c4ccccc4c4ccccc4c3c2)c1. The highest BCUT2D eigenvalue weighted by molar-refractivity contribution is 6.25. The fraction of sp³-hybridized carbons (Fsp3) is 0.0769. The van der Waals surface area contributed by atoms with E-state index in [0.717, 1.165) is 0 Å². The molecule has 0 aliphatic carbocycles. The van der Waals surface area contributed by atoms with E-state index < -0.39 is 0 Å². The van der Waals surface area contributed by atoms with Crippen molar-refractivity contribution < 1.29 is 0 Å². The summed E-state index contributed by atoms with van der Waals surface area (Å²) >= 11 is 0. The molecule has 0 unspecified atom stereocenters. The van der Waals surface area contributed by atoms with E-state index in [1.54, 1.807) is 0 Å². The first-order valence-electron chi connectivity index (χ1n) is 9.12. The Morgan fingerprint density at radius 1 is 0.385 bits per heavy atom. The van der Waals surface area contributed by atoms with Crippen molar-refractivity contribution in [2.45, 2.75) is 13.8 Å². The lowest BCUT2D eigenvalue weighted by Crippen LogP contribution is -1.86. The highest BCUT2D eigenvalue weighted by Gasteiger charge is 2.09. The molecule has 0 N–H and O–H groups in total. The molecule has 0 amide bonds. The highest BCUT2D eigenvalue weighted by atomic mass is 14.1. The van der Waals surface area contributed by atoms with Crippen LogP contribution in [0.4, 0.5) is 0 Å². The van der Waals surface area contributed by atoms with Crippen LogP contribution in [0.15, 0.2) is 84.9 Å². The molecule has 0 aliphatic heterocycles. The molecule has 0 bridgehead atoms. The van der Waals surface area contributed by atoms with Crippen molar-refractivity contribution in [3.8, 4) is 11.1 Å². The Labute approximate surface area is 153 Å². The average molecular weight is 332 g/mol. The summed E-state index contributed by atoms with van der Waals surface area (Å²) in [4.78, 5) is 0. The molecule has 0 nitrogen and oxygen atoms in total. The highest BCUT2D eigenvalue weighted by Crippen LogP contribution is 2.37. The minimum Gasteiger partial charge on any atom is -0.0616 e. The monoisotopic (exact) mass is 332 g/mol. The van der Waals surface area contributed by atoms with Gasteiger partial charge in [0, 0.05) is 0 Å². The van der Waals surface area contributed by atoms with Gasteiger partial charge in [0.25, 0.3) is 0 Å². The van der Waals surface area contributed by atoms with Gasteiger partial charge >= 0.3 is 0 Å². The topological polar surface area (TPSA) is 0 Å². The lowest BCUT2D eigenvalue weighted by molar-refractivity contribution is 1.38. The molecule has 5 rings (SSSR count). The van der Waals surface area contributed by atoms with Crippen LogP contribution in [-0.4, -0.2) is 0 Å². The van der Waals surface area contributed by atoms with Gasteiger partial charge in [-0.25, -0.2) is 0 Å². The van der Waals surface area contributed by atoms with Gasteiger partial charge < -0.3 is 0 Å². The van der Waals surface area contributed by atoms with Crippen LogP contribution >= 0.6 is 0 Å². The van der Waals surface area contributed by atoms with Crippen LogP contribution in [0, 0.1) is 13.8 Å². The number of hydrogen-bond acceptors (Lipinski definition) is 0. The van der Waals surface area contributed by atoms with Gasteiger partial charge in [-0.1, -0.05) is 90.0 Å². The van der Waals surface area contributed by atoms with Crippen LogP contribution in [0.1, 0.15) is 11.1 Å². The smallest absolute Gasteiger partial charge is 0.00928 e. The third-order valence-corrected chi connectivity index (χ3v) is 5.30. The quantitative estimate of drug-likeness (QED) is 0.280. The van der Waals surface area contributed by atoms with Crippen LogP contribution in [0.25, 0.3) is 43.4 Å². The van der Waals surface area contributed by atoms with Crippen molar-refractivity contribution >= 4 is 32.3 Å². The third-order valence-electron chi connectivity index (χ3n) is 5.30. The Kier molecular flexibility index (Phi) is 3.33. The van der Waals surface area contributed by atoms with Gasteiger partial charge in [-0.2, -0.15) is 0 Å². The zero-order chi connectivity index (χ0) is 17.7. The molecule has 5 aromatic carbocycles. The number of benzene rings is 5. The number of rotatable bonds is 1. The summed E-state index contributed by atoms with van der Waals surface area (Å²) in [6, 6.07) is 31.2. The maximum absolute atomic E-state index is 2.36. The van der Waals surface area contributed by atoms with Crippen LogP contribution < -0.4 is 0 Å². The van der Waals surface area contributed by atoms with E-state index in [4.69, 9.17) is 0 Å². The van der Waals surface area contributed by atoms with Crippen molar-refractivity contribution in [1.82, 2.24) is 0 Å². The van der Waals surface area contributed by atoms with Crippen molar-refractivity contribution in [3.63, 3.8) is 0 Å². The first-order valence-corrected chi connectivity index (χ1v) is 9.12. The van der Waals surface area contributed by atoms with Gasteiger partial charge in [-0.05, 0) is 63.4 Å². The van der Waals surface area contributed by atoms with E-state index in [9.17, 15) is 0 Å². The Bertz CT molecular complexity index is 1240. The molecule has 124 valence electrons. The summed E-state index contributed by atoms with van der Waals surface area (Å²) in [6.45, 7) is 4.33. The van der Waals surface area contributed by atoms with E-state index in [2.05, 4.69) is 98.8 Å². The van der Waals surface area contributed by atoms with Crippen molar-refractivity contribution in [3.05, 3.63) is 96.1 Å². The summed E-state index contributed by atoms with van der Waals surface area (Å²) in [6.07, 6.45) is 0. The second-order valence-corrected chi connectivity index (χ2v) is 7.23. The van der Waals surface area contributed by atoms with Crippen LogP contribution in [-0.2, 0) is 0 Å². The fourth-order valence-corrected chi connectivity index (χ4v) is 4.23. The molecule has 0 atom stereocenters. The fourth-order valence-electron chi connectivity index (χ4n) is 4.23. The normalized spacial score (nSPS) is 11.5. The maximum atomic E-state index is 2.36. The summed E-state index contributed by atoms with van der Waals surface area (Å²) in [7, 11) is 0. The summed E-state index contributed by atoms with van der Waals surface area (Å²) in [5.41, 5.74) is 5.19. The van der Waals surface area contributed by atoms with Crippen LogP contribution in [0.3, 0.4) is 0 Å². The molecular weight excluding hydrogens is 312 g/mol. The number of aryl methyl sites for hydroxylation is 2. The minimum atomic E-state index is 1.28. The molecule has 0 radical (unpaired) electrons. The Morgan fingerprint density at radius 3 is 1.38 bits per heavy atom. The van der Waals surface area contributed by atoms with Gasteiger partial charge in [0.05, 0.1) is 0 Å². The standard InChI is InChI=1S/C26H20/c1-17-13-18(2)15-20(14-17)19-11-12-25-23-9-4-3-7-21(23)22-8-5-6-10-24(22)26(25)16-19/h3-16H,1-2H3. The molecular formula is C26H20. The zero-order valence-electron chi connectivity index (χ0n) is 15.1. The molecule has 0 saturated heterocycles. The molecule has 0 heterocycles. The summed E-state index contributed by atoms with van der Waals surface area (Å²) in [5, 5.41) is 7.96. The van der Waals surface area contributed by atoms with Gasteiger partial charge in [-0.15, -0.1) is 0 Å². The predicted octanol–water partition coefficient (Wildman–Crippen LogP) is 7.43. The number of hydrogen-bond donors (Lipinski definition) is 0. The van der Waals surface area contributed by atoms with Gasteiger partial charge in [0.15, 0.2) is 0 Å². The Hall–Kier alpha value is -3.12. The van der Waals surface area contributed by atoms with E-state index >= 15 is 0 Å². The Balaban J connectivity index is 1.92. The summed E-state index contributed by atoms with van der Waals surface area (Å²) < 4.78 is 0. The number of fused-ring (bicyclic) bond motifs is 6. The lowest BCUT2D eigenvalue weighted by atomic mass is 9.91. The van der Waals surface area contributed by atoms with Gasteiger partial charge in [0.1, 0.15) is 0 Å². The predicted molar refractivity (Wildman–Crippen MR) is 114 cm³/mol. The molecule has 0 saturated carbocycles. The van der Waals surface area contributed by atoms with Crippen LogP contribution in [0.5, 0.6) is 0 Å². The molecule has 0 spiro atoms. The molecule has 5 aromatic rings. The maximum Gasteiger partial charge on any atom is -0.00928 e. The Morgan fingerprint density at radius 2 is 0.846 bits per heavy atom. The minimum absolute atomic E-state index is 1.28. The third kappa shape index (κ3) is 2.30. The van der Waals surface area contributed by atoms with Crippen molar-refractivity contribution in [2.24, 2.45) is 0 Å². The molecule has 26 heavy (non-hydrogen) atoms. The first kappa shape index (κ1) is 15.2. The van der Waals surface area contributed by atoms with Gasteiger partial charge in [-0.3, -0.25) is 0 Å². The molecule has 0 fully saturated rings. The molecule has 0 heteroatoms. The van der Waals surface area contributed by atoms with Crippen LogP contribution in [0.2, 0.25) is 0 Å². The van der Waals surface area contributed by atoms with Gasteiger partial charge in [0.2, 0.25) is 0 Å². The van der Waals surface area contributed by atoms with Crippen molar-refractivity contribution in [1.29, 1.82) is 0 Å². The second kappa shape index (κ2) is 5.71. The van der Waals surface area contributed by atoms with E-state index in [0.29, 0.717) is 0 Å². The van der Waals surface area contributed by atoms with E-state index in [-0.39, 0.29) is 0 Å². The first-order chi connectivity index (χ1) is 12.7. The molecule has 0 aliphatic rings. The van der Waals surface area contributed by atoms with E-state index in [1.807, 2.05) is 0 Å². The van der Waals surface area contributed by atoms with E-state index in [1.165, 1.54) is 54.6 Å². The van der Waals surface area contributed by atoms with Crippen molar-refractivity contribution in [2.75, 3.05) is 0 Å². The average Bonchev–Trinajstić information content (AvgIpc) is 2.67. The largest absolute Gasteiger partial charge is 0.0616 e.